The first-order valence-corrected chi connectivity index (χ1v) is 6.69. The van der Waals surface area contributed by atoms with E-state index >= 15 is 0 Å². The molecular formula is C14H15N3O2S. The van der Waals surface area contributed by atoms with Crippen LogP contribution in [0.3, 0.4) is 0 Å². The Hall–Kier alpha value is -1.97. The standard InChI is InChI=1S/C14H15N3O2S/c15-10-12(14(18)17-6-8-19-9-7-17)13(20)16-11-4-2-1-3-5-11/h1-5,16,20H,6-9H2/b13-12-. The summed E-state index contributed by atoms with van der Waals surface area (Å²) in [5, 5.41) is 12.4. The van der Waals surface area contributed by atoms with Crippen molar-refractivity contribution in [3.8, 4) is 6.07 Å². The number of morpholine rings is 1. The predicted molar refractivity (Wildman–Crippen MR) is 79.1 cm³/mol. The van der Waals surface area contributed by atoms with E-state index in [1.54, 1.807) is 4.90 Å². The van der Waals surface area contributed by atoms with E-state index < -0.39 is 0 Å². The molecule has 0 radical (unpaired) electrons. The lowest BCUT2D eigenvalue weighted by Crippen LogP contribution is -2.41. The fraction of sp³-hybridized carbons (Fsp3) is 0.286. The Bertz CT molecular complexity index is 545. The van der Waals surface area contributed by atoms with Crippen LogP contribution in [-0.4, -0.2) is 37.1 Å². The van der Waals surface area contributed by atoms with E-state index in [0.29, 0.717) is 26.3 Å². The predicted octanol–water partition coefficient (Wildman–Crippen LogP) is 1.62. The van der Waals surface area contributed by atoms with Crippen molar-refractivity contribution in [1.82, 2.24) is 4.90 Å². The lowest BCUT2D eigenvalue weighted by molar-refractivity contribution is -0.130. The van der Waals surface area contributed by atoms with E-state index in [4.69, 9.17) is 4.74 Å². The molecule has 1 heterocycles. The summed E-state index contributed by atoms with van der Waals surface area (Å²) in [5.74, 6) is -0.316. The summed E-state index contributed by atoms with van der Waals surface area (Å²) in [5.41, 5.74) is 0.791. The lowest BCUT2D eigenvalue weighted by Gasteiger charge is -2.26. The van der Waals surface area contributed by atoms with Crippen LogP contribution in [0.15, 0.2) is 40.9 Å². The molecule has 0 saturated carbocycles. The zero-order valence-corrected chi connectivity index (χ0v) is 11.8. The third-order valence-electron chi connectivity index (χ3n) is 2.90. The molecule has 1 saturated heterocycles. The molecule has 0 bridgehead atoms. The van der Waals surface area contributed by atoms with Crippen molar-refractivity contribution < 1.29 is 9.53 Å². The van der Waals surface area contributed by atoms with Gasteiger partial charge in [0.15, 0.2) is 0 Å². The van der Waals surface area contributed by atoms with Crippen LogP contribution in [0.25, 0.3) is 0 Å². The highest BCUT2D eigenvalue weighted by Gasteiger charge is 2.22. The van der Waals surface area contributed by atoms with Gasteiger partial charge in [-0.2, -0.15) is 5.26 Å². The molecule has 1 aliphatic rings. The first-order valence-electron chi connectivity index (χ1n) is 6.25. The molecule has 20 heavy (non-hydrogen) atoms. The molecule has 0 atom stereocenters. The lowest BCUT2D eigenvalue weighted by atomic mass is 10.2. The molecule has 0 aromatic heterocycles. The normalized spacial score (nSPS) is 16.1. The SMILES string of the molecule is N#C/C(C(=O)N1CCOCC1)=C(/S)Nc1ccccc1. The molecule has 6 heteroatoms. The number of benzene rings is 1. The van der Waals surface area contributed by atoms with Crippen LogP contribution < -0.4 is 5.32 Å². The Kier molecular flexibility index (Phi) is 5.04. The van der Waals surface area contributed by atoms with Crippen molar-refractivity contribution in [2.75, 3.05) is 31.6 Å². The maximum absolute atomic E-state index is 12.3. The molecule has 1 amide bonds. The second-order valence-corrected chi connectivity index (χ2v) is 4.68. The van der Waals surface area contributed by atoms with Gasteiger partial charge in [0.2, 0.25) is 0 Å². The summed E-state index contributed by atoms with van der Waals surface area (Å²) in [6.07, 6.45) is 0. The molecule has 2 rings (SSSR count). The van der Waals surface area contributed by atoms with Crippen LogP contribution in [-0.2, 0) is 9.53 Å². The van der Waals surface area contributed by atoms with Gasteiger partial charge in [-0.05, 0) is 12.1 Å². The van der Waals surface area contributed by atoms with Gasteiger partial charge >= 0.3 is 0 Å². The summed E-state index contributed by atoms with van der Waals surface area (Å²) in [7, 11) is 0. The number of carbonyl (C=O) groups is 1. The summed E-state index contributed by atoms with van der Waals surface area (Å²) >= 11 is 4.24. The molecule has 0 aliphatic carbocycles. The Morgan fingerprint density at radius 2 is 1.95 bits per heavy atom. The Morgan fingerprint density at radius 3 is 2.55 bits per heavy atom. The van der Waals surface area contributed by atoms with Gasteiger partial charge in [-0.15, -0.1) is 12.6 Å². The summed E-state index contributed by atoms with van der Waals surface area (Å²) in [4.78, 5) is 13.9. The summed E-state index contributed by atoms with van der Waals surface area (Å²) < 4.78 is 5.19. The van der Waals surface area contributed by atoms with Crippen LogP contribution in [0.1, 0.15) is 0 Å². The molecule has 1 fully saturated rings. The number of ether oxygens (including phenoxy) is 1. The van der Waals surface area contributed by atoms with Gasteiger partial charge in [0.1, 0.15) is 11.6 Å². The van der Waals surface area contributed by atoms with Crippen molar-refractivity contribution in [3.63, 3.8) is 0 Å². The largest absolute Gasteiger partial charge is 0.378 e. The molecule has 1 aromatic carbocycles. The van der Waals surface area contributed by atoms with Crippen molar-refractivity contribution in [2.45, 2.75) is 0 Å². The third kappa shape index (κ3) is 3.53. The number of para-hydroxylation sites is 1. The van der Waals surface area contributed by atoms with E-state index in [-0.39, 0.29) is 16.5 Å². The van der Waals surface area contributed by atoms with Gasteiger partial charge < -0.3 is 15.0 Å². The van der Waals surface area contributed by atoms with Crippen LogP contribution in [0.2, 0.25) is 0 Å². The van der Waals surface area contributed by atoms with Gasteiger partial charge in [-0.25, -0.2) is 0 Å². The smallest absolute Gasteiger partial charge is 0.267 e. The first kappa shape index (κ1) is 14.4. The van der Waals surface area contributed by atoms with Crippen LogP contribution >= 0.6 is 12.6 Å². The number of nitriles is 1. The number of hydrogen-bond acceptors (Lipinski definition) is 5. The summed E-state index contributed by atoms with van der Waals surface area (Å²) in [6, 6.07) is 11.2. The van der Waals surface area contributed by atoms with Gasteiger partial charge in [0.25, 0.3) is 5.91 Å². The number of amides is 1. The third-order valence-corrected chi connectivity index (χ3v) is 3.23. The molecule has 1 aromatic rings. The molecule has 1 N–H and O–H groups in total. The van der Waals surface area contributed by atoms with Crippen LogP contribution in [0.4, 0.5) is 5.69 Å². The molecule has 1 aliphatic heterocycles. The fourth-order valence-electron chi connectivity index (χ4n) is 1.85. The van der Waals surface area contributed by atoms with Crippen LogP contribution in [0.5, 0.6) is 0 Å². The maximum atomic E-state index is 12.3. The monoisotopic (exact) mass is 289 g/mol. The van der Waals surface area contributed by atoms with Gasteiger partial charge in [-0.3, -0.25) is 4.79 Å². The Morgan fingerprint density at radius 1 is 1.30 bits per heavy atom. The maximum Gasteiger partial charge on any atom is 0.267 e. The summed E-state index contributed by atoms with van der Waals surface area (Å²) in [6.45, 7) is 1.99. The number of rotatable bonds is 3. The molecule has 0 spiro atoms. The van der Waals surface area contributed by atoms with E-state index in [2.05, 4.69) is 17.9 Å². The second kappa shape index (κ2) is 6.98. The molecule has 5 nitrogen and oxygen atoms in total. The quantitative estimate of drug-likeness (QED) is 0.504. The molecule has 0 unspecified atom stereocenters. The van der Waals surface area contributed by atoms with Gasteiger partial charge in [0, 0.05) is 18.8 Å². The molecule has 104 valence electrons. The number of carbonyl (C=O) groups excluding carboxylic acids is 1. The number of hydrogen-bond donors (Lipinski definition) is 2. The highest BCUT2D eigenvalue weighted by Crippen LogP contribution is 2.16. The molecular weight excluding hydrogens is 274 g/mol. The van der Waals surface area contributed by atoms with Gasteiger partial charge in [-0.1, -0.05) is 18.2 Å². The topological polar surface area (TPSA) is 65.4 Å². The second-order valence-electron chi connectivity index (χ2n) is 4.23. The zero-order chi connectivity index (χ0) is 14.4. The highest BCUT2D eigenvalue weighted by atomic mass is 32.1. The minimum atomic E-state index is -0.316. The first-order chi connectivity index (χ1) is 9.72. The zero-order valence-electron chi connectivity index (χ0n) is 10.9. The van der Waals surface area contributed by atoms with Crippen molar-refractivity contribution in [2.24, 2.45) is 0 Å². The van der Waals surface area contributed by atoms with E-state index in [1.807, 2.05) is 36.4 Å². The van der Waals surface area contributed by atoms with Crippen molar-refractivity contribution in [1.29, 1.82) is 5.26 Å². The van der Waals surface area contributed by atoms with Crippen molar-refractivity contribution >= 4 is 24.2 Å². The Labute approximate surface area is 123 Å². The van der Waals surface area contributed by atoms with E-state index in [9.17, 15) is 10.1 Å². The van der Waals surface area contributed by atoms with Gasteiger partial charge in [0.05, 0.1) is 18.2 Å². The minimum Gasteiger partial charge on any atom is -0.378 e. The fourth-order valence-corrected chi connectivity index (χ4v) is 2.12. The van der Waals surface area contributed by atoms with E-state index in [0.717, 1.165) is 5.69 Å². The minimum absolute atomic E-state index is 0.0130. The Balaban J connectivity index is 2.15. The van der Waals surface area contributed by atoms with Crippen LogP contribution in [0, 0.1) is 11.3 Å². The highest BCUT2D eigenvalue weighted by molar-refractivity contribution is 7.84. The number of nitrogens with one attached hydrogen (secondary N) is 1. The van der Waals surface area contributed by atoms with E-state index in [1.165, 1.54) is 0 Å². The average molecular weight is 289 g/mol. The number of anilines is 1. The number of thiol groups is 1. The number of nitrogens with zero attached hydrogens (tertiary/aromatic N) is 2. The average Bonchev–Trinajstić information content (AvgIpc) is 2.49. The van der Waals surface area contributed by atoms with Crippen molar-refractivity contribution in [3.05, 3.63) is 40.9 Å².